The van der Waals surface area contributed by atoms with Crippen LogP contribution in [0.3, 0.4) is 0 Å². The molecule has 3 aromatic rings. The molecule has 3 heterocycles. The smallest absolute Gasteiger partial charge is 0.333 e. The van der Waals surface area contributed by atoms with Crippen molar-refractivity contribution in [2.75, 3.05) is 0 Å². The molecular formula is C17H16N4O5S3. The van der Waals surface area contributed by atoms with Crippen LogP contribution < -0.4 is 9.46 Å². The van der Waals surface area contributed by atoms with Crippen LogP contribution in [0.4, 0.5) is 5.69 Å². The van der Waals surface area contributed by atoms with E-state index in [0.29, 0.717) is 19.1 Å². The molecule has 0 radical (unpaired) electrons. The highest BCUT2D eigenvalue weighted by atomic mass is 33.1. The third-order valence-corrected chi connectivity index (χ3v) is 6.01. The number of nitro groups is 1. The summed E-state index contributed by atoms with van der Waals surface area (Å²) in [6.07, 6.45) is 3.90. The second-order valence-corrected chi connectivity index (χ2v) is 8.32. The molecule has 0 aliphatic heterocycles. The van der Waals surface area contributed by atoms with Crippen molar-refractivity contribution in [2.45, 2.75) is 23.9 Å². The summed E-state index contributed by atoms with van der Waals surface area (Å²) < 4.78 is 2.50. The molecule has 0 unspecified atom stereocenters. The lowest BCUT2D eigenvalue weighted by atomic mass is 10.3. The molecule has 9 nitrogen and oxygen atoms in total. The Kier molecular flexibility index (Phi) is 7.82. The summed E-state index contributed by atoms with van der Waals surface area (Å²) in [5.74, 6) is 0. The van der Waals surface area contributed by atoms with Gasteiger partial charge in [-0.1, -0.05) is 18.3 Å². The Morgan fingerprint density at radius 1 is 0.966 bits per heavy atom. The van der Waals surface area contributed by atoms with Gasteiger partial charge in [-0.2, -0.15) is 14.2 Å². The third-order valence-electron chi connectivity index (χ3n) is 3.35. The number of hydrogen-bond acceptors (Lipinski definition) is 8. The minimum atomic E-state index is -0.637. The van der Waals surface area contributed by atoms with Gasteiger partial charge in [0.25, 0.3) is 16.2 Å². The molecule has 0 saturated carbocycles. The van der Waals surface area contributed by atoms with Crippen molar-refractivity contribution in [3.63, 3.8) is 0 Å². The SMILES string of the molecule is Cc1ccc(=S)n(O)c1.Cc1ccc(SSc2ccc([N+](=O)[O-])c[n+]2[O-])[n+]([O-])c1. The average molecular weight is 453 g/mol. The fraction of sp³-hybridized carbons (Fsp3) is 0.118. The van der Waals surface area contributed by atoms with Crippen LogP contribution in [0.1, 0.15) is 11.1 Å². The van der Waals surface area contributed by atoms with E-state index in [1.54, 1.807) is 31.3 Å². The molecule has 0 saturated heterocycles. The minimum absolute atomic E-state index is 0.265. The predicted octanol–water partition coefficient (Wildman–Crippen LogP) is 3.73. The van der Waals surface area contributed by atoms with E-state index in [2.05, 4.69) is 0 Å². The highest BCUT2D eigenvalue weighted by Crippen LogP contribution is 2.34. The Balaban J connectivity index is 0.000000278. The van der Waals surface area contributed by atoms with Gasteiger partial charge in [-0.15, -0.1) is 0 Å². The van der Waals surface area contributed by atoms with Crippen molar-refractivity contribution in [1.29, 1.82) is 0 Å². The Morgan fingerprint density at radius 2 is 1.52 bits per heavy atom. The molecule has 3 rings (SSSR count). The normalized spacial score (nSPS) is 10.1. The Labute approximate surface area is 178 Å². The summed E-state index contributed by atoms with van der Waals surface area (Å²) in [6, 6.07) is 9.59. The van der Waals surface area contributed by atoms with Gasteiger partial charge in [0.05, 0.1) is 4.92 Å². The molecule has 1 N–H and O–H groups in total. The van der Waals surface area contributed by atoms with E-state index < -0.39 is 4.92 Å². The highest BCUT2D eigenvalue weighted by molar-refractivity contribution is 8.76. The van der Waals surface area contributed by atoms with E-state index in [-0.39, 0.29) is 10.7 Å². The fourth-order valence-electron chi connectivity index (χ4n) is 1.93. The van der Waals surface area contributed by atoms with Gasteiger partial charge in [0.1, 0.15) is 4.64 Å². The quantitative estimate of drug-likeness (QED) is 0.121. The van der Waals surface area contributed by atoms with E-state index >= 15 is 0 Å². The number of pyridine rings is 3. The van der Waals surface area contributed by atoms with Gasteiger partial charge in [-0.05, 0) is 31.5 Å². The van der Waals surface area contributed by atoms with Crippen LogP contribution in [0.2, 0.25) is 0 Å². The number of nitrogens with zero attached hydrogens (tertiary/aromatic N) is 4. The second kappa shape index (κ2) is 10.1. The van der Waals surface area contributed by atoms with Gasteiger partial charge in [-0.3, -0.25) is 10.1 Å². The number of aryl methyl sites for hydroxylation is 2. The maximum Gasteiger partial charge on any atom is 0.333 e. The van der Waals surface area contributed by atoms with E-state index in [1.165, 1.54) is 18.3 Å². The summed E-state index contributed by atoms with van der Waals surface area (Å²) in [5.41, 5.74) is 1.55. The van der Waals surface area contributed by atoms with Crippen molar-refractivity contribution in [3.8, 4) is 0 Å². The van der Waals surface area contributed by atoms with Crippen LogP contribution in [0.25, 0.3) is 0 Å². The zero-order chi connectivity index (χ0) is 21.6. The molecule has 0 fully saturated rings. The Hall–Kier alpha value is -2.83. The first-order valence-electron chi connectivity index (χ1n) is 7.98. The van der Waals surface area contributed by atoms with Gasteiger partial charge in [0, 0.05) is 51.5 Å². The molecule has 0 atom stereocenters. The van der Waals surface area contributed by atoms with Crippen molar-refractivity contribution in [1.82, 2.24) is 4.73 Å². The summed E-state index contributed by atoms with van der Waals surface area (Å²) in [7, 11) is 2.18. The topological polar surface area (TPSA) is 122 Å². The fourth-order valence-corrected chi connectivity index (χ4v) is 4.00. The maximum absolute atomic E-state index is 11.6. The van der Waals surface area contributed by atoms with Crippen molar-refractivity contribution < 1.29 is 19.6 Å². The summed E-state index contributed by atoms with van der Waals surface area (Å²) in [6.45, 7) is 3.69. The van der Waals surface area contributed by atoms with E-state index in [0.717, 1.165) is 43.6 Å². The predicted molar refractivity (Wildman–Crippen MR) is 111 cm³/mol. The number of aromatic nitrogens is 3. The first-order valence-corrected chi connectivity index (χ1v) is 10.5. The van der Waals surface area contributed by atoms with Gasteiger partial charge in [-0.25, -0.2) is 0 Å². The van der Waals surface area contributed by atoms with E-state index in [9.17, 15) is 20.5 Å². The van der Waals surface area contributed by atoms with Crippen LogP contribution in [0.5, 0.6) is 0 Å². The molecule has 0 bridgehead atoms. The maximum atomic E-state index is 11.6. The monoisotopic (exact) mass is 452 g/mol. The van der Waals surface area contributed by atoms with Crippen LogP contribution in [-0.2, 0) is 0 Å². The lowest BCUT2D eigenvalue weighted by molar-refractivity contribution is -0.648. The van der Waals surface area contributed by atoms with Crippen molar-refractivity contribution in [3.05, 3.63) is 91.3 Å². The molecule has 0 amide bonds. The molecule has 29 heavy (non-hydrogen) atoms. The zero-order valence-corrected chi connectivity index (χ0v) is 17.7. The van der Waals surface area contributed by atoms with Crippen molar-refractivity contribution >= 4 is 39.5 Å². The second-order valence-electron chi connectivity index (χ2n) is 5.73. The molecule has 0 aromatic carbocycles. The minimum Gasteiger partial charge on any atom is -0.618 e. The molecular weight excluding hydrogens is 436 g/mol. The number of rotatable bonds is 4. The van der Waals surface area contributed by atoms with Crippen LogP contribution in [-0.4, -0.2) is 14.9 Å². The summed E-state index contributed by atoms with van der Waals surface area (Å²) in [4.78, 5) is 9.88. The largest absolute Gasteiger partial charge is 0.618 e. The molecule has 0 aliphatic carbocycles. The van der Waals surface area contributed by atoms with E-state index in [1.807, 2.05) is 13.0 Å². The average Bonchev–Trinajstić information content (AvgIpc) is 2.65. The summed E-state index contributed by atoms with van der Waals surface area (Å²) in [5, 5.41) is 43.3. The Bertz CT molecular complexity index is 1090. The molecule has 12 heteroatoms. The van der Waals surface area contributed by atoms with E-state index in [4.69, 9.17) is 17.4 Å². The van der Waals surface area contributed by atoms with Gasteiger partial charge < -0.3 is 15.6 Å². The summed E-state index contributed by atoms with van der Waals surface area (Å²) >= 11 is 4.73. The highest BCUT2D eigenvalue weighted by Gasteiger charge is 2.17. The Morgan fingerprint density at radius 3 is 2.00 bits per heavy atom. The lowest BCUT2D eigenvalue weighted by Crippen LogP contribution is -2.29. The van der Waals surface area contributed by atoms with Crippen LogP contribution in [0.15, 0.2) is 65.0 Å². The standard InChI is InChI=1S/C11H9N3O4S2.C6H7NOS/c1-8-2-4-10(12(15)6-8)19-20-11-5-3-9(14(17)18)7-13(11)16;1-5-2-3-6(9)7(8)4-5/h2-7H,1H3;2-4,8H,1H3. The molecule has 152 valence electrons. The molecule has 0 aliphatic rings. The van der Waals surface area contributed by atoms with Crippen LogP contribution >= 0.6 is 33.8 Å². The van der Waals surface area contributed by atoms with Gasteiger partial charge in [0.15, 0.2) is 6.20 Å². The lowest BCUT2D eigenvalue weighted by Gasteiger charge is -2.04. The number of hydrogen-bond donors (Lipinski definition) is 1. The molecule has 0 spiro atoms. The van der Waals surface area contributed by atoms with Crippen molar-refractivity contribution in [2.24, 2.45) is 0 Å². The van der Waals surface area contributed by atoms with Gasteiger partial charge in [0.2, 0.25) is 0 Å². The first kappa shape index (κ1) is 22.5. The third kappa shape index (κ3) is 6.62. The van der Waals surface area contributed by atoms with Crippen LogP contribution in [0, 0.1) is 39.0 Å². The van der Waals surface area contributed by atoms with Gasteiger partial charge >= 0.3 is 5.69 Å². The first-order chi connectivity index (χ1) is 13.7. The molecule has 3 aromatic heterocycles. The zero-order valence-electron chi connectivity index (χ0n) is 15.3.